The molecule has 24 nitrogen and oxygen atoms in total. The number of carbonyl (C=O) groups excluding carboxylic acids is 12. The molecule has 0 amide bonds. The highest BCUT2D eigenvalue weighted by Gasteiger charge is 2.52. The first-order chi connectivity index (χ1) is 68.4. The van der Waals surface area contributed by atoms with Crippen molar-refractivity contribution in [2.24, 2.45) is 23.2 Å². The van der Waals surface area contributed by atoms with Crippen LogP contribution in [-0.4, -0.2) is 102 Å². The molecule has 5 aliphatic rings. The van der Waals surface area contributed by atoms with Crippen LogP contribution >= 0.6 is 407 Å². The van der Waals surface area contributed by atoms with Crippen molar-refractivity contribution < 1.29 is 117 Å². The first-order valence-corrected chi connectivity index (χ1v) is 63.4. The second kappa shape index (κ2) is 61.2. The fourth-order valence-corrected chi connectivity index (χ4v) is 31.7. The third-order valence-electron chi connectivity index (χ3n) is 23.3. The lowest BCUT2D eigenvalue weighted by Crippen LogP contribution is -2.48. The van der Waals surface area contributed by atoms with E-state index in [4.69, 9.17) is 28.4 Å². The maximum Gasteiger partial charge on any atom is 0.339 e. The van der Waals surface area contributed by atoms with E-state index in [0.29, 0.717) is 64.6 Å². The third kappa shape index (κ3) is 39.3. The van der Waals surface area contributed by atoms with E-state index in [1.165, 1.54) is 38.5 Å². The van der Waals surface area contributed by atoms with Crippen molar-refractivity contribution >= 4 is 478 Å². The van der Waals surface area contributed by atoms with Gasteiger partial charge in [0.1, 0.15) is 36.1 Å². The molecule has 42 heteroatoms. The molecule has 0 aromatic heterocycles. The minimum Gasteiger partial charge on any atom is -0.550 e. The zero-order valence-corrected chi connectivity index (χ0v) is 115. The zero-order chi connectivity index (χ0) is 107. The van der Waals surface area contributed by atoms with Gasteiger partial charge in [-0.25, -0.2) is 28.8 Å². The van der Waals surface area contributed by atoms with Crippen LogP contribution in [0.3, 0.4) is 0 Å². The molecule has 15 rings (SSSR count). The minimum absolute atomic E-state index is 0.155. The lowest BCUT2D eigenvalue weighted by atomic mass is 9.48. The summed E-state index contributed by atoms with van der Waals surface area (Å²) < 4.78 is 49.5. The predicted octanol–water partition coefficient (Wildman–Crippen LogP) is 22.6. The predicted molar refractivity (Wildman–Crippen MR) is 685 cm³/mol. The van der Waals surface area contributed by atoms with E-state index in [1.54, 1.807) is 68.4 Å². The molecule has 6 unspecified atom stereocenters. The fraction of sp³-hybridized carbons (Fsp3) is 0.301. The summed E-state index contributed by atoms with van der Waals surface area (Å²) in [6.45, 7) is 5.29. The summed E-state index contributed by atoms with van der Waals surface area (Å²) >= 11 is 38.5. The zero-order valence-electron chi connectivity index (χ0n) is 76.1. The van der Waals surface area contributed by atoms with E-state index in [9.17, 15) is 88.2 Å². The summed E-state index contributed by atoms with van der Waals surface area (Å²) in [5.41, 5.74) is 7.41. The van der Waals surface area contributed by atoms with Gasteiger partial charge in [0.25, 0.3) is 0 Å². The number of carboxylic acids is 6. The van der Waals surface area contributed by atoms with Crippen molar-refractivity contribution in [3.8, 4) is 11.1 Å². The minimum atomic E-state index is -1.27. The van der Waals surface area contributed by atoms with Crippen molar-refractivity contribution in [1.29, 1.82) is 0 Å². The van der Waals surface area contributed by atoms with Gasteiger partial charge in [-0.2, -0.15) is 0 Å². The summed E-state index contributed by atoms with van der Waals surface area (Å²) in [7, 11) is 0. The summed E-state index contributed by atoms with van der Waals surface area (Å²) in [6.07, 6.45) is 4.50. The second-order valence-electron chi connectivity index (χ2n) is 34.2. The molecule has 4 fully saturated rings. The summed E-state index contributed by atoms with van der Waals surface area (Å²) in [6, 6.07) is 56.2. The Morgan fingerprint density at radius 3 is 0.993 bits per heavy atom. The number of hydrogen-bond donors (Lipinski definition) is 0. The maximum absolute atomic E-state index is 13.1. The molecule has 0 N–H and O–H groups in total. The molecule has 145 heavy (non-hydrogen) atoms. The molecule has 0 radical (unpaired) electrons. The molecule has 4 saturated carbocycles. The van der Waals surface area contributed by atoms with Crippen LogP contribution in [-0.2, 0) is 63.6 Å². The Labute approximate surface area is 1080 Å². The van der Waals surface area contributed by atoms with E-state index in [2.05, 4.69) is 407 Å². The largest absolute Gasteiger partial charge is 0.550 e. The van der Waals surface area contributed by atoms with Crippen LogP contribution in [0.5, 0.6) is 0 Å². The molecule has 10 aromatic carbocycles. The first-order valence-electron chi connectivity index (χ1n) is 44.0. The van der Waals surface area contributed by atoms with Gasteiger partial charge in [-0.05, 0) is 601 Å². The van der Waals surface area contributed by atoms with Crippen molar-refractivity contribution in [1.82, 2.24) is 0 Å². The number of carbonyl (C=O) groups is 12. The van der Waals surface area contributed by atoms with Gasteiger partial charge >= 0.3 is 35.8 Å². The molecule has 770 valence electrons. The van der Waals surface area contributed by atoms with E-state index in [0.717, 1.165) is 116 Å². The third-order valence-corrected chi connectivity index (χ3v) is 45.3. The summed E-state index contributed by atoms with van der Waals surface area (Å²) in [5, 5.41) is 66.3. The van der Waals surface area contributed by atoms with Gasteiger partial charge in [-0.15, -0.1) is 0 Å². The SMILES string of the molecule is CCC(C)(CC(=O)[O-])OC(=O)c1cc(I)cc(I)c1I.CCCC(CC(=O)[O-])OC(=O)c1cc(I)cc(I)c1I.O=C([O-])CC(CC12CC3CC(CC(C3)C1)C2)OC(=O)c1cc(I)cc(I)c1I.O=C([O-])CC(Cc1ccccc1)OC(=O)c1cc(I)cc(I)c1I.O=C([O-])CC(OC(=O)c1cc(I)cc(I)c1I)C1c2ccccc2-c2ccccc21.O=C([O-])CC(OC(=O)c1cc(I)cc(I)c1I)c1ccccc1. The highest BCUT2D eigenvalue weighted by molar-refractivity contribution is 14.1. The number of carboxylic acid groups (broad SMARTS) is 6. The van der Waals surface area contributed by atoms with Crippen LogP contribution < -0.4 is 30.6 Å². The molecule has 0 heterocycles. The monoisotopic (exact) mass is 3990 g/mol. The number of ether oxygens (including phenoxy) is 6. The Balaban J connectivity index is 0.000000195. The molecule has 0 aliphatic heterocycles. The van der Waals surface area contributed by atoms with Gasteiger partial charge in [0.05, 0.1) is 33.4 Å². The summed E-state index contributed by atoms with van der Waals surface area (Å²) in [4.78, 5) is 142. The van der Waals surface area contributed by atoms with Gasteiger partial charge in [0, 0.05) is 151 Å². The second-order valence-corrected chi connectivity index (χ2v) is 55.1. The molecule has 5 aliphatic carbocycles. The van der Waals surface area contributed by atoms with E-state index >= 15 is 0 Å². The van der Waals surface area contributed by atoms with Crippen LogP contribution in [0.25, 0.3) is 11.1 Å². The summed E-state index contributed by atoms with van der Waals surface area (Å²) in [5.74, 6) is -8.33. The number of hydrogen-bond acceptors (Lipinski definition) is 24. The average Bonchev–Trinajstić information content (AvgIpc) is 1.41. The van der Waals surface area contributed by atoms with E-state index in [-0.39, 0.29) is 49.9 Å². The molecule has 0 spiro atoms. The number of fused-ring (bicyclic) bond motifs is 3. The van der Waals surface area contributed by atoms with Crippen LogP contribution in [0.1, 0.15) is 220 Å². The Morgan fingerprint density at radius 2 is 0.648 bits per heavy atom. The number of aliphatic carboxylic acids is 6. The van der Waals surface area contributed by atoms with Crippen LogP contribution in [0.4, 0.5) is 0 Å². The van der Waals surface area contributed by atoms with Gasteiger partial charge in [0.15, 0.2) is 0 Å². The van der Waals surface area contributed by atoms with Crippen LogP contribution in [0.2, 0.25) is 0 Å². The lowest BCUT2D eigenvalue weighted by Gasteiger charge is -2.57. The lowest BCUT2D eigenvalue weighted by molar-refractivity contribution is -0.310. The molecular weight excluding hydrogens is 3910 g/mol. The Kier molecular flexibility index (Phi) is 53.8. The van der Waals surface area contributed by atoms with Crippen LogP contribution in [0, 0.1) is 87.4 Å². The molecular formula is C103H82I18O24-6. The first kappa shape index (κ1) is 127. The van der Waals surface area contributed by atoms with E-state index in [1.807, 2.05) is 134 Å². The van der Waals surface area contributed by atoms with Crippen molar-refractivity contribution in [2.75, 3.05) is 0 Å². The topological polar surface area (TPSA) is 399 Å². The smallest absolute Gasteiger partial charge is 0.339 e. The van der Waals surface area contributed by atoms with Gasteiger partial charge < -0.3 is 87.8 Å². The quantitative estimate of drug-likeness (QED) is 0.0159. The van der Waals surface area contributed by atoms with Gasteiger partial charge in [0.2, 0.25) is 0 Å². The average molecular weight is 3990 g/mol. The highest BCUT2D eigenvalue weighted by atomic mass is 127. The van der Waals surface area contributed by atoms with Gasteiger partial charge in [-0.1, -0.05) is 129 Å². The normalized spacial score (nSPS) is 16.2. The number of rotatable bonds is 33. The molecule has 10 aromatic rings. The van der Waals surface area contributed by atoms with Crippen molar-refractivity contribution in [3.63, 3.8) is 0 Å². The standard InChI is InChI=1S/C23H15I3O4.C21H23I3O4.C17H13I3O4.C16H11I3O4.2C13H13I3O4/c24-12-9-17(22(26)18(25)10-12)23(29)30-19(11-20(27)28)21-15-7-3-1-5-13(15)14-6-2-4-8-16(14)21;22-14-4-16(19(24)17(23)5-14)20(27)28-15(6-18(25)26)10-21-7-11-1-12(8-21)3-13(2-11)9-21;18-11-7-13(16(20)14(19)8-11)17(23)24-12(9-15(21)22)6-10-4-2-1-3-5-10;17-10-6-11(15(19)12(18)7-10)16(22)23-13(8-14(20)21)9-4-2-1-3-5-9;1-3-13(2,6-10(17)18)20-12(19)8-4-7(14)5-9(15)11(8)16;1-2-3-8(6-11(17)18)20-13(19)9-4-7(14)5-10(15)12(9)16/h1-10,19,21H,11H2,(H,27,28);4-5,11-13,15H,1-3,6-10H2,(H,25,26);1-5,7-8,12H,6,9H2,(H,21,22);1-7,13H,8H2,(H,20,21);4-5H,3,6H2,1-2H3,(H,17,18);4-5,8H,2-3,6H2,1H3,(H,17,18)/p-6. The molecule has 6 atom stereocenters. The van der Waals surface area contributed by atoms with Crippen molar-refractivity contribution in [2.45, 2.75) is 172 Å². The van der Waals surface area contributed by atoms with Gasteiger partial charge in [-0.3, -0.25) is 0 Å². The molecule has 0 saturated heterocycles. The van der Waals surface area contributed by atoms with Crippen LogP contribution in [0.15, 0.2) is 182 Å². The number of halogens is 18. The Bertz CT molecular complexity index is 6370. The van der Waals surface area contributed by atoms with E-state index < -0.39 is 108 Å². The molecule has 4 bridgehead atoms. The number of benzene rings is 10. The highest BCUT2D eigenvalue weighted by Crippen LogP contribution is 2.62. The van der Waals surface area contributed by atoms with Crippen molar-refractivity contribution in [3.05, 3.63) is 302 Å². The Morgan fingerprint density at radius 1 is 0.345 bits per heavy atom. The maximum atomic E-state index is 13.1. The number of esters is 6. The Hall–Kier alpha value is -1.02. The fourth-order valence-electron chi connectivity index (χ4n) is 17.4.